The van der Waals surface area contributed by atoms with Crippen LogP contribution < -0.4 is 15.5 Å². The zero-order chi connectivity index (χ0) is 18.1. The lowest BCUT2D eigenvalue weighted by molar-refractivity contribution is 0.152. The Kier molecular flexibility index (Phi) is 10.8. The first-order valence-electron chi connectivity index (χ1n) is 8.94. The van der Waals surface area contributed by atoms with Gasteiger partial charge in [-0.1, -0.05) is 0 Å². The molecule has 5 nitrogen and oxygen atoms in total. The summed E-state index contributed by atoms with van der Waals surface area (Å²) in [6.07, 6.45) is 0.987. The van der Waals surface area contributed by atoms with Gasteiger partial charge >= 0.3 is 0 Å². The first-order valence-corrected chi connectivity index (χ1v) is 8.94. The van der Waals surface area contributed by atoms with Crippen molar-refractivity contribution >= 4 is 35.6 Å². The van der Waals surface area contributed by atoms with Crippen molar-refractivity contribution in [2.75, 3.05) is 50.8 Å². The van der Waals surface area contributed by atoms with E-state index >= 15 is 0 Å². The Morgan fingerprint density at radius 1 is 1.27 bits per heavy atom. The molecule has 1 aliphatic heterocycles. The Morgan fingerprint density at radius 2 is 2.08 bits per heavy atom. The molecule has 2 rings (SSSR count). The highest BCUT2D eigenvalue weighted by molar-refractivity contribution is 14.0. The Balaban J connectivity index is 0.00000338. The lowest BCUT2D eigenvalue weighted by Crippen LogP contribution is -2.39. The molecule has 1 atom stereocenters. The van der Waals surface area contributed by atoms with E-state index in [1.807, 2.05) is 13.8 Å². The highest BCUT2D eigenvalue weighted by atomic mass is 127. The molecule has 0 aromatic heterocycles. The fourth-order valence-corrected chi connectivity index (χ4v) is 2.85. The standard InChI is InChI=1S/C18H28F2N4O.HI/c1-3-21-18(22-8-10-25-4-2)23-12-14-7-9-24(13-14)15-5-6-16(19)17(20)11-15;/h5-6,11,14H,3-4,7-10,12-13H2,1-2H3,(H2,21,22,23);1H. The number of anilines is 1. The molecule has 0 aliphatic carbocycles. The molecule has 26 heavy (non-hydrogen) atoms. The van der Waals surface area contributed by atoms with Crippen LogP contribution in [0.4, 0.5) is 14.5 Å². The summed E-state index contributed by atoms with van der Waals surface area (Å²) in [6, 6.07) is 4.07. The molecule has 1 aromatic carbocycles. The summed E-state index contributed by atoms with van der Waals surface area (Å²) in [7, 11) is 0. The third-order valence-corrected chi connectivity index (χ3v) is 4.15. The van der Waals surface area contributed by atoms with Gasteiger partial charge in [0.2, 0.25) is 0 Å². The summed E-state index contributed by atoms with van der Waals surface area (Å²) in [4.78, 5) is 6.71. The van der Waals surface area contributed by atoms with E-state index in [0.717, 1.165) is 37.7 Å². The van der Waals surface area contributed by atoms with Gasteiger partial charge in [-0.3, -0.25) is 4.99 Å². The zero-order valence-electron chi connectivity index (χ0n) is 15.4. The minimum absolute atomic E-state index is 0. The van der Waals surface area contributed by atoms with Crippen molar-refractivity contribution in [3.63, 3.8) is 0 Å². The maximum atomic E-state index is 13.4. The van der Waals surface area contributed by atoms with Crippen molar-refractivity contribution < 1.29 is 13.5 Å². The average Bonchev–Trinajstić information content (AvgIpc) is 3.08. The molecule has 1 aliphatic rings. The van der Waals surface area contributed by atoms with Crippen molar-refractivity contribution in [1.82, 2.24) is 10.6 Å². The molecular formula is C18H29F2IN4O. The van der Waals surface area contributed by atoms with Crippen molar-refractivity contribution in [3.05, 3.63) is 29.8 Å². The van der Waals surface area contributed by atoms with Crippen LogP contribution in [0.25, 0.3) is 0 Å². The molecule has 0 bridgehead atoms. The minimum Gasteiger partial charge on any atom is -0.380 e. The van der Waals surface area contributed by atoms with Gasteiger partial charge in [-0.25, -0.2) is 8.78 Å². The van der Waals surface area contributed by atoms with Crippen LogP contribution in [0.2, 0.25) is 0 Å². The van der Waals surface area contributed by atoms with Crippen LogP contribution in [0.5, 0.6) is 0 Å². The second-order valence-electron chi connectivity index (χ2n) is 6.04. The van der Waals surface area contributed by atoms with E-state index in [2.05, 4.69) is 20.5 Å². The number of hydrogen-bond acceptors (Lipinski definition) is 3. The number of hydrogen-bond donors (Lipinski definition) is 2. The number of nitrogens with one attached hydrogen (secondary N) is 2. The normalized spacial score (nSPS) is 17.2. The number of nitrogens with zero attached hydrogens (tertiary/aromatic N) is 2. The van der Waals surface area contributed by atoms with E-state index in [1.165, 1.54) is 12.1 Å². The maximum absolute atomic E-state index is 13.4. The molecule has 1 unspecified atom stereocenters. The molecule has 0 amide bonds. The molecule has 1 saturated heterocycles. The topological polar surface area (TPSA) is 48.9 Å². The Labute approximate surface area is 171 Å². The molecule has 0 spiro atoms. The third kappa shape index (κ3) is 7.22. The summed E-state index contributed by atoms with van der Waals surface area (Å²) < 4.78 is 31.8. The van der Waals surface area contributed by atoms with Gasteiger partial charge in [-0.15, -0.1) is 24.0 Å². The summed E-state index contributed by atoms with van der Waals surface area (Å²) >= 11 is 0. The summed E-state index contributed by atoms with van der Waals surface area (Å²) in [5, 5.41) is 6.46. The molecule has 0 saturated carbocycles. The Hall–Kier alpha value is -1.16. The fourth-order valence-electron chi connectivity index (χ4n) is 2.85. The monoisotopic (exact) mass is 482 g/mol. The molecule has 148 valence electrons. The van der Waals surface area contributed by atoms with E-state index in [0.29, 0.717) is 32.2 Å². The van der Waals surface area contributed by atoms with Crippen LogP contribution in [0, 0.1) is 17.6 Å². The smallest absolute Gasteiger partial charge is 0.191 e. The second kappa shape index (κ2) is 12.3. The van der Waals surface area contributed by atoms with Crippen LogP contribution in [0.15, 0.2) is 23.2 Å². The highest BCUT2D eigenvalue weighted by Crippen LogP contribution is 2.25. The van der Waals surface area contributed by atoms with Crippen LogP contribution in [0.3, 0.4) is 0 Å². The SMILES string of the molecule is CCNC(=NCC1CCN(c2ccc(F)c(F)c2)C1)NCCOCC.I. The Morgan fingerprint density at radius 3 is 2.77 bits per heavy atom. The molecular weight excluding hydrogens is 453 g/mol. The van der Waals surface area contributed by atoms with Crippen molar-refractivity contribution in [3.8, 4) is 0 Å². The number of aliphatic imine (C=N–C) groups is 1. The van der Waals surface area contributed by atoms with Crippen molar-refractivity contribution in [1.29, 1.82) is 0 Å². The molecule has 8 heteroatoms. The molecule has 1 heterocycles. The molecule has 0 radical (unpaired) electrons. The minimum atomic E-state index is -0.808. The van der Waals surface area contributed by atoms with E-state index in [9.17, 15) is 8.78 Å². The summed E-state index contributed by atoms with van der Waals surface area (Å²) in [5.74, 6) is -0.423. The van der Waals surface area contributed by atoms with Gasteiger partial charge in [0.05, 0.1) is 6.61 Å². The number of guanidine groups is 1. The average molecular weight is 482 g/mol. The van der Waals surface area contributed by atoms with E-state index in [-0.39, 0.29) is 24.0 Å². The molecule has 2 N–H and O–H groups in total. The van der Waals surface area contributed by atoms with Gasteiger partial charge in [0.15, 0.2) is 17.6 Å². The predicted octanol–water partition coefficient (Wildman–Crippen LogP) is 3.00. The lowest BCUT2D eigenvalue weighted by atomic mass is 10.1. The zero-order valence-corrected chi connectivity index (χ0v) is 17.8. The van der Waals surface area contributed by atoms with Gasteiger partial charge < -0.3 is 20.3 Å². The van der Waals surface area contributed by atoms with Crippen molar-refractivity contribution in [2.45, 2.75) is 20.3 Å². The number of ether oxygens (including phenoxy) is 1. The number of halogens is 3. The van der Waals surface area contributed by atoms with E-state index < -0.39 is 11.6 Å². The first-order chi connectivity index (χ1) is 12.1. The Bertz CT molecular complexity index is 574. The highest BCUT2D eigenvalue weighted by Gasteiger charge is 2.23. The number of rotatable bonds is 8. The fraction of sp³-hybridized carbons (Fsp3) is 0.611. The van der Waals surface area contributed by atoms with E-state index in [4.69, 9.17) is 4.74 Å². The van der Waals surface area contributed by atoms with Crippen LogP contribution >= 0.6 is 24.0 Å². The van der Waals surface area contributed by atoms with Gasteiger partial charge in [-0.05, 0) is 38.3 Å². The lowest BCUT2D eigenvalue weighted by Gasteiger charge is -2.18. The first kappa shape index (κ1) is 22.9. The number of benzene rings is 1. The van der Waals surface area contributed by atoms with Crippen LogP contribution in [-0.4, -0.2) is 51.9 Å². The predicted molar refractivity (Wildman–Crippen MR) is 113 cm³/mol. The molecule has 1 aromatic rings. The van der Waals surface area contributed by atoms with Gasteiger partial charge in [0.1, 0.15) is 0 Å². The van der Waals surface area contributed by atoms with Crippen LogP contribution in [0.1, 0.15) is 20.3 Å². The second-order valence-corrected chi connectivity index (χ2v) is 6.04. The van der Waals surface area contributed by atoms with Gasteiger partial charge in [-0.2, -0.15) is 0 Å². The van der Waals surface area contributed by atoms with Gasteiger partial charge in [0, 0.05) is 51.1 Å². The third-order valence-electron chi connectivity index (χ3n) is 4.15. The summed E-state index contributed by atoms with van der Waals surface area (Å²) in [5.41, 5.74) is 0.729. The summed E-state index contributed by atoms with van der Waals surface area (Å²) in [6.45, 7) is 9.19. The van der Waals surface area contributed by atoms with E-state index in [1.54, 1.807) is 6.07 Å². The van der Waals surface area contributed by atoms with Crippen LogP contribution in [-0.2, 0) is 4.74 Å². The maximum Gasteiger partial charge on any atom is 0.191 e. The van der Waals surface area contributed by atoms with Gasteiger partial charge in [0.25, 0.3) is 0 Å². The molecule has 1 fully saturated rings. The largest absolute Gasteiger partial charge is 0.380 e. The quantitative estimate of drug-likeness (QED) is 0.259. The van der Waals surface area contributed by atoms with Crippen molar-refractivity contribution in [2.24, 2.45) is 10.9 Å².